The Bertz CT molecular complexity index is 1330. The first-order valence-electron chi connectivity index (χ1n) is 12.7. The number of hydrogen-bond acceptors (Lipinski definition) is 7. The first-order valence-corrected chi connectivity index (χ1v) is 12.7. The number of rotatable bonds is 6. The monoisotopic (exact) mass is 539 g/mol. The van der Waals surface area contributed by atoms with Gasteiger partial charge in [-0.1, -0.05) is 6.07 Å². The van der Waals surface area contributed by atoms with Gasteiger partial charge in [-0.15, -0.1) is 12.4 Å². The predicted octanol–water partition coefficient (Wildman–Crippen LogP) is 1.75. The summed E-state index contributed by atoms with van der Waals surface area (Å²) >= 11 is 0. The van der Waals surface area contributed by atoms with Crippen LogP contribution in [-0.4, -0.2) is 60.6 Å². The summed E-state index contributed by atoms with van der Waals surface area (Å²) in [7, 11) is 0. The molecule has 200 valence electrons. The van der Waals surface area contributed by atoms with Crippen LogP contribution in [-0.2, 0) is 32.1 Å². The molecule has 1 saturated heterocycles. The topological polar surface area (TPSA) is 138 Å². The Labute approximate surface area is 226 Å². The molecule has 0 radical (unpaired) electrons. The molecule has 0 bridgehead atoms. The Morgan fingerprint density at radius 2 is 1.97 bits per heavy atom. The van der Waals surface area contributed by atoms with E-state index in [2.05, 4.69) is 10.3 Å². The minimum atomic E-state index is -1.70. The third-order valence-corrected chi connectivity index (χ3v) is 7.46. The Hall–Kier alpha value is -3.47. The van der Waals surface area contributed by atoms with Crippen molar-refractivity contribution in [3.63, 3.8) is 0 Å². The molecule has 0 aromatic heterocycles. The molecule has 11 heteroatoms. The minimum Gasteiger partial charge on any atom is -0.383 e. The van der Waals surface area contributed by atoms with Crippen molar-refractivity contribution < 1.29 is 24.2 Å². The van der Waals surface area contributed by atoms with E-state index in [1.807, 2.05) is 23.1 Å². The van der Waals surface area contributed by atoms with Crippen molar-refractivity contribution in [2.75, 3.05) is 34.8 Å². The summed E-state index contributed by atoms with van der Waals surface area (Å²) in [4.78, 5) is 46.4. The first kappa shape index (κ1) is 26.1. The van der Waals surface area contributed by atoms with Gasteiger partial charge in [0.05, 0.1) is 13.2 Å². The molecule has 0 unspecified atom stereocenters. The fourth-order valence-corrected chi connectivity index (χ4v) is 5.20. The molecule has 6 rings (SSSR count). The fourth-order valence-electron chi connectivity index (χ4n) is 5.20. The third kappa shape index (κ3) is 4.87. The van der Waals surface area contributed by atoms with Gasteiger partial charge in [-0.05, 0) is 66.6 Å². The largest absolute Gasteiger partial charge is 0.383 e. The lowest BCUT2D eigenvalue weighted by Crippen LogP contribution is -2.55. The van der Waals surface area contributed by atoms with Gasteiger partial charge in [0.25, 0.3) is 11.8 Å². The molecule has 3 heterocycles. The van der Waals surface area contributed by atoms with Gasteiger partial charge in [0.15, 0.2) is 12.2 Å². The van der Waals surface area contributed by atoms with Crippen LogP contribution < -0.4 is 20.9 Å². The van der Waals surface area contributed by atoms with E-state index in [0.717, 1.165) is 35.2 Å². The van der Waals surface area contributed by atoms with E-state index in [4.69, 9.17) is 10.5 Å². The molecule has 1 aliphatic carbocycles. The summed E-state index contributed by atoms with van der Waals surface area (Å²) < 4.78 is 5.56. The zero-order chi connectivity index (χ0) is 25.7. The summed E-state index contributed by atoms with van der Waals surface area (Å²) in [6.07, 6.45) is 0.391. The van der Waals surface area contributed by atoms with Gasteiger partial charge in [0.1, 0.15) is 5.84 Å². The lowest BCUT2D eigenvalue weighted by atomic mass is 9.99. The second kappa shape index (κ2) is 10.4. The van der Waals surface area contributed by atoms with Crippen LogP contribution in [0.2, 0.25) is 0 Å². The van der Waals surface area contributed by atoms with E-state index >= 15 is 0 Å². The zero-order valence-corrected chi connectivity index (χ0v) is 21.6. The van der Waals surface area contributed by atoms with E-state index in [9.17, 15) is 19.5 Å². The van der Waals surface area contributed by atoms with Crippen molar-refractivity contribution >= 4 is 53.0 Å². The summed E-state index contributed by atoms with van der Waals surface area (Å²) in [5.74, 6) is -0.136. The van der Waals surface area contributed by atoms with Crippen molar-refractivity contribution in [2.24, 2.45) is 16.6 Å². The van der Waals surface area contributed by atoms with Crippen LogP contribution in [0.25, 0.3) is 0 Å². The van der Waals surface area contributed by atoms with Crippen LogP contribution in [0.1, 0.15) is 36.0 Å². The van der Waals surface area contributed by atoms with Crippen LogP contribution in [0.3, 0.4) is 0 Å². The number of benzene rings is 2. The molecule has 38 heavy (non-hydrogen) atoms. The Kier molecular flexibility index (Phi) is 7.13. The highest BCUT2D eigenvalue weighted by atomic mass is 35.5. The number of morpholine rings is 1. The van der Waals surface area contributed by atoms with Crippen molar-refractivity contribution in [3.05, 3.63) is 53.1 Å². The highest BCUT2D eigenvalue weighted by Crippen LogP contribution is 2.37. The second-order valence-electron chi connectivity index (χ2n) is 10.0. The zero-order valence-electron chi connectivity index (χ0n) is 20.8. The number of carbonyl (C=O) groups is 3. The van der Waals surface area contributed by atoms with Gasteiger partial charge >= 0.3 is 0 Å². The average Bonchev–Trinajstić information content (AvgIpc) is 3.65. The minimum absolute atomic E-state index is 0. The normalized spacial score (nSPS) is 21.3. The number of anilines is 3. The number of nitrogens with zero attached hydrogens (tertiary/aromatic N) is 3. The highest BCUT2D eigenvalue weighted by molar-refractivity contribution is 6.05. The van der Waals surface area contributed by atoms with Crippen LogP contribution in [0.4, 0.5) is 17.1 Å². The molecular formula is C27H30ClN5O5. The summed E-state index contributed by atoms with van der Waals surface area (Å²) in [6, 6.07) is 10.9. The van der Waals surface area contributed by atoms with Crippen molar-refractivity contribution in [2.45, 2.75) is 44.4 Å². The fraction of sp³-hybridized carbons (Fsp3) is 0.407. The van der Waals surface area contributed by atoms with Gasteiger partial charge in [0, 0.05) is 42.1 Å². The summed E-state index contributed by atoms with van der Waals surface area (Å²) in [6.45, 7) is 1.58. The predicted molar refractivity (Wildman–Crippen MR) is 145 cm³/mol. The number of aryl methyl sites for hydroxylation is 1. The first-order chi connectivity index (χ1) is 17.9. The summed E-state index contributed by atoms with van der Waals surface area (Å²) in [5, 5.41) is 13.4. The quantitative estimate of drug-likeness (QED) is 0.511. The molecule has 1 saturated carbocycles. The van der Waals surface area contributed by atoms with Crippen LogP contribution in [0, 0.1) is 5.92 Å². The van der Waals surface area contributed by atoms with E-state index in [1.54, 1.807) is 18.2 Å². The van der Waals surface area contributed by atoms with E-state index in [0.29, 0.717) is 49.1 Å². The molecular weight excluding hydrogens is 510 g/mol. The summed E-state index contributed by atoms with van der Waals surface area (Å²) in [5.41, 5.74) is 10.6. The number of aliphatic imine (C=N–C) groups is 1. The number of aliphatic hydroxyl groups excluding tert-OH is 1. The van der Waals surface area contributed by atoms with E-state index in [1.165, 1.54) is 4.90 Å². The third-order valence-electron chi connectivity index (χ3n) is 7.46. The molecule has 3 aliphatic heterocycles. The van der Waals surface area contributed by atoms with E-state index < -0.39 is 24.0 Å². The van der Waals surface area contributed by atoms with E-state index in [-0.39, 0.29) is 31.5 Å². The maximum absolute atomic E-state index is 13.4. The Morgan fingerprint density at radius 3 is 2.76 bits per heavy atom. The van der Waals surface area contributed by atoms with Crippen LogP contribution in [0.5, 0.6) is 0 Å². The smallest absolute Gasteiger partial charge is 0.259 e. The molecule has 4 N–H and O–H groups in total. The lowest BCUT2D eigenvalue weighted by molar-refractivity contribution is -0.150. The molecule has 2 aromatic carbocycles. The SMILES string of the molecule is Cl.NC1=NCc2cc(NC(=O)[C@H](O)[C@H]3OCCN(c4ccc5c(c4)N(CC4CC4)C(=O)CC5)C3=O)ccc21. The number of aliphatic hydroxyl groups is 1. The second-order valence-corrected chi connectivity index (χ2v) is 10.0. The molecule has 4 aliphatic rings. The van der Waals surface area contributed by atoms with Gasteiger partial charge < -0.3 is 30.7 Å². The number of ether oxygens (including phenoxy) is 1. The van der Waals surface area contributed by atoms with Crippen LogP contribution >= 0.6 is 12.4 Å². The standard InChI is InChI=1S/C27H29N5O5.ClH/c28-25-20-7-5-18(11-17(20)13-29-25)30-26(35)23(34)24-27(36)31(9-10-37-24)19-6-3-16-4-8-22(33)32(21(16)12-19)14-15-1-2-15;/h3,5-7,11-12,15,23-24,34H,1-2,4,8-10,13-14H2,(H2,28,29)(H,30,35);1H/t23-,24-;/m1./s1. The number of nitrogens with one attached hydrogen (secondary N) is 1. The molecule has 2 aromatic rings. The number of fused-ring (bicyclic) bond motifs is 2. The molecule has 0 spiro atoms. The average molecular weight is 540 g/mol. The van der Waals surface area contributed by atoms with Crippen molar-refractivity contribution in [3.8, 4) is 0 Å². The van der Waals surface area contributed by atoms with Gasteiger partial charge in [-0.2, -0.15) is 0 Å². The lowest BCUT2D eigenvalue weighted by Gasteiger charge is -2.36. The number of halogens is 1. The molecule has 10 nitrogen and oxygen atoms in total. The van der Waals surface area contributed by atoms with Crippen molar-refractivity contribution in [1.29, 1.82) is 0 Å². The van der Waals surface area contributed by atoms with Gasteiger partial charge in [0.2, 0.25) is 5.91 Å². The Balaban J connectivity index is 0.00000294. The van der Waals surface area contributed by atoms with Crippen LogP contribution in [0.15, 0.2) is 41.4 Å². The number of amidine groups is 1. The number of hydrogen-bond donors (Lipinski definition) is 3. The van der Waals surface area contributed by atoms with Crippen molar-refractivity contribution in [1.82, 2.24) is 0 Å². The molecule has 2 atom stereocenters. The number of carbonyl (C=O) groups excluding carboxylic acids is 3. The van der Waals surface area contributed by atoms with Gasteiger partial charge in [-0.25, -0.2) is 0 Å². The van der Waals surface area contributed by atoms with Gasteiger partial charge in [-0.3, -0.25) is 19.4 Å². The Morgan fingerprint density at radius 1 is 1.16 bits per heavy atom. The molecule has 3 amide bonds. The molecule has 2 fully saturated rings. The highest BCUT2D eigenvalue weighted by Gasteiger charge is 2.40. The number of nitrogens with two attached hydrogens (primary N) is 1. The maximum Gasteiger partial charge on any atom is 0.259 e. The maximum atomic E-state index is 13.4. The number of amides is 3.